The second-order valence-electron chi connectivity index (χ2n) is 7.33. The molecule has 3 aromatic rings. The third kappa shape index (κ3) is 4.22. The maximum absolute atomic E-state index is 13.5. The Morgan fingerprint density at radius 1 is 1.21 bits per heavy atom. The first-order chi connectivity index (χ1) is 13.5. The summed E-state index contributed by atoms with van der Waals surface area (Å²) in [5.41, 5.74) is 5.06. The van der Waals surface area contributed by atoms with Crippen LogP contribution in [0.25, 0.3) is 11.3 Å². The van der Waals surface area contributed by atoms with Crippen LogP contribution in [0.3, 0.4) is 0 Å². The van der Waals surface area contributed by atoms with Gasteiger partial charge in [0.1, 0.15) is 5.69 Å². The summed E-state index contributed by atoms with van der Waals surface area (Å²) >= 11 is 1.53. The molecule has 0 bridgehead atoms. The van der Waals surface area contributed by atoms with E-state index in [1.54, 1.807) is 18.2 Å². The van der Waals surface area contributed by atoms with Crippen molar-refractivity contribution in [3.63, 3.8) is 0 Å². The molecular weight excluding hydrogens is 399 g/mol. The molecule has 8 heteroatoms. The van der Waals surface area contributed by atoms with Crippen molar-refractivity contribution in [2.24, 2.45) is 0 Å². The van der Waals surface area contributed by atoms with Crippen LogP contribution in [0, 0.1) is 13.8 Å². The van der Waals surface area contributed by atoms with E-state index in [-0.39, 0.29) is 18.2 Å². The molecule has 0 fully saturated rings. The highest BCUT2D eigenvalue weighted by Crippen LogP contribution is 2.35. The average molecular weight is 421 g/mol. The van der Waals surface area contributed by atoms with Crippen LogP contribution in [0.5, 0.6) is 0 Å². The number of aryl methyl sites for hydroxylation is 2. The first kappa shape index (κ1) is 21.1. The number of anilines is 1. The fourth-order valence-electron chi connectivity index (χ4n) is 3.09. The number of hydrogen-bond acceptors (Lipinski definition) is 4. The van der Waals surface area contributed by atoms with Crippen molar-refractivity contribution in [3.8, 4) is 11.3 Å². The van der Waals surface area contributed by atoms with Gasteiger partial charge < -0.3 is 10.3 Å². The fraction of sp³-hybridized carbons (Fsp3) is 0.333. The third-order valence-corrected chi connectivity index (χ3v) is 5.98. The summed E-state index contributed by atoms with van der Waals surface area (Å²) in [6, 6.07) is 7.97. The van der Waals surface area contributed by atoms with Gasteiger partial charge in [-0.1, -0.05) is 37.6 Å². The van der Waals surface area contributed by atoms with Gasteiger partial charge in [-0.05, 0) is 31.5 Å². The average Bonchev–Trinajstić information content (AvgIpc) is 2.99. The fourth-order valence-corrected chi connectivity index (χ4v) is 4.02. The summed E-state index contributed by atoms with van der Waals surface area (Å²) in [4.78, 5) is 18.4. The largest absolute Gasteiger partial charge is 0.418 e. The normalized spacial score (nSPS) is 12.0. The van der Waals surface area contributed by atoms with E-state index in [1.807, 2.05) is 33.8 Å². The van der Waals surface area contributed by atoms with Gasteiger partial charge >= 0.3 is 6.18 Å². The summed E-state index contributed by atoms with van der Waals surface area (Å²) in [5, 5.41) is 0.919. The molecule has 2 N–H and O–H groups in total. The molecule has 2 heterocycles. The number of pyridine rings is 1. The number of thiazole rings is 1. The summed E-state index contributed by atoms with van der Waals surface area (Å²) in [5.74, 6) is 0.220. The molecule has 154 valence electrons. The molecule has 0 radical (unpaired) electrons. The van der Waals surface area contributed by atoms with Crippen LogP contribution < -0.4 is 11.3 Å². The molecule has 29 heavy (non-hydrogen) atoms. The minimum absolute atomic E-state index is 0.0551. The molecule has 0 aliphatic rings. The molecular formula is C21H22F3N3OS. The van der Waals surface area contributed by atoms with Crippen LogP contribution in [0.4, 0.5) is 18.9 Å². The molecule has 0 spiro atoms. The van der Waals surface area contributed by atoms with Crippen LogP contribution in [-0.4, -0.2) is 9.55 Å². The van der Waals surface area contributed by atoms with E-state index in [0.717, 1.165) is 21.5 Å². The zero-order chi connectivity index (χ0) is 21.5. The van der Waals surface area contributed by atoms with Crippen molar-refractivity contribution < 1.29 is 13.2 Å². The van der Waals surface area contributed by atoms with E-state index in [2.05, 4.69) is 4.98 Å². The number of hydrogen-bond donors (Lipinski definition) is 1. The number of nitrogen functional groups attached to an aromatic ring is 1. The highest BCUT2D eigenvalue weighted by atomic mass is 32.1. The first-order valence-electron chi connectivity index (χ1n) is 9.12. The van der Waals surface area contributed by atoms with Crippen LogP contribution in [0.1, 0.15) is 46.5 Å². The Kier molecular flexibility index (Phi) is 5.58. The lowest BCUT2D eigenvalue weighted by molar-refractivity contribution is -0.137. The topological polar surface area (TPSA) is 60.9 Å². The van der Waals surface area contributed by atoms with Gasteiger partial charge in [0.05, 0.1) is 28.5 Å². The van der Waals surface area contributed by atoms with Gasteiger partial charge in [0.25, 0.3) is 5.56 Å². The molecule has 0 unspecified atom stereocenters. The standard InChI is InChI=1S/C21H22F3N3OS/c1-11(2)19-26-16(13(4)29-19)10-27-17(14-7-5-6-12(3)8-14)9-15(21(22,23)24)18(25)20(27)28/h5-9,11H,10,25H2,1-4H3. The molecule has 0 atom stereocenters. The van der Waals surface area contributed by atoms with E-state index < -0.39 is 23.0 Å². The van der Waals surface area contributed by atoms with Gasteiger partial charge in [-0.2, -0.15) is 13.2 Å². The SMILES string of the molecule is Cc1cccc(-c2cc(C(F)(F)F)c(N)c(=O)n2Cc2nc(C(C)C)sc2C)c1. The van der Waals surface area contributed by atoms with Crippen molar-refractivity contribution >= 4 is 17.0 Å². The molecule has 2 aromatic heterocycles. The number of aromatic nitrogens is 2. The number of alkyl halides is 3. The van der Waals surface area contributed by atoms with E-state index in [9.17, 15) is 18.0 Å². The number of rotatable bonds is 4. The Hall–Kier alpha value is -2.61. The van der Waals surface area contributed by atoms with Crippen molar-refractivity contribution in [1.82, 2.24) is 9.55 Å². The van der Waals surface area contributed by atoms with Crippen LogP contribution in [0.15, 0.2) is 35.1 Å². The predicted octanol–water partition coefficient (Wildman–Crippen LogP) is 5.36. The van der Waals surface area contributed by atoms with Crippen molar-refractivity contribution in [3.05, 3.63) is 67.4 Å². The smallest absolute Gasteiger partial charge is 0.394 e. The molecule has 0 amide bonds. The Morgan fingerprint density at radius 2 is 1.90 bits per heavy atom. The monoisotopic (exact) mass is 421 g/mol. The first-order valence-corrected chi connectivity index (χ1v) is 9.94. The summed E-state index contributed by atoms with van der Waals surface area (Å²) in [7, 11) is 0. The van der Waals surface area contributed by atoms with Crippen molar-refractivity contribution in [2.45, 2.75) is 46.3 Å². The van der Waals surface area contributed by atoms with Crippen molar-refractivity contribution in [2.75, 3.05) is 5.73 Å². The van der Waals surface area contributed by atoms with Crippen LogP contribution in [-0.2, 0) is 12.7 Å². The number of nitrogens with two attached hydrogens (primary N) is 1. The maximum atomic E-state index is 13.5. The van der Waals surface area contributed by atoms with Gasteiger partial charge in [-0.3, -0.25) is 4.79 Å². The highest BCUT2D eigenvalue weighted by molar-refractivity contribution is 7.11. The van der Waals surface area contributed by atoms with Crippen molar-refractivity contribution in [1.29, 1.82) is 0 Å². The molecule has 0 saturated heterocycles. The lowest BCUT2D eigenvalue weighted by atomic mass is 10.0. The van der Waals surface area contributed by atoms with E-state index >= 15 is 0 Å². The zero-order valence-electron chi connectivity index (χ0n) is 16.6. The van der Waals surface area contributed by atoms with E-state index in [4.69, 9.17) is 5.73 Å². The van der Waals surface area contributed by atoms with Crippen LogP contribution >= 0.6 is 11.3 Å². The Bertz CT molecular complexity index is 1110. The minimum Gasteiger partial charge on any atom is -0.394 e. The van der Waals surface area contributed by atoms with Gasteiger partial charge in [-0.25, -0.2) is 4.98 Å². The Labute approximate surface area is 170 Å². The quantitative estimate of drug-likeness (QED) is 0.617. The lowest BCUT2D eigenvalue weighted by Gasteiger charge is -2.18. The Balaban J connectivity index is 2.25. The highest BCUT2D eigenvalue weighted by Gasteiger charge is 2.35. The van der Waals surface area contributed by atoms with E-state index in [0.29, 0.717) is 11.3 Å². The van der Waals surface area contributed by atoms with Gasteiger partial charge in [0.2, 0.25) is 0 Å². The zero-order valence-corrected chi connectivity index (χ0v) is 17.4. The molecule has 4 nitrogen and oxygen atoms in total. The van der Waals surface area contributed by atoms with Gasteiger partial charge in [0.15, 0.2) is 0 Å². The summed E-state index contributed by atoms with van der Waals surface area (Å²) < 4.78 is 41.7. The second kappa shape index (κ2) is 7.67. The van der Waals surface area contributed by atoms with E-state index in [1.165, 1.54) is 15.9 Å². The minimum atomic E-state index is -4.72. The second-order valence-corrected chi connectivity index (χ2v) is 8.56. The molecule has 0 aliphatic heterocycles. The Morgan fingerprint density at radius 3 is 2.45 bits per heavy atom. The summed E-state index contributed by atoms with van der Waals surface area (Å²) in [6.45, 7) is 7.82. The number of halogens is 3. The molecule has 3 rings (SSSR count). The summed E-state index contributed by atoms with van der Waals surface area (Å²) in [6.07, 6.45) is -4.72. The predicted molar refractivity (Wildman–Crippen MR) is 110 cm³/mol. The van der Waals surface area contributed by atoms with Gasteiger partial charge in [-0.15, -0.1) is 11.3 Å². The maximum Gasteiger partial charge on any atom is 0.418 e. The number of benzene rings is 1. The van der Waals surface area contributed by atoms with Gasteiger partial charge in [0, 0.05) is 10.8 Å². The third-order valence-electron chi connectivity index (χ3n) is 4.67. The molecule has 0 aliphatic carbocycles. The molecule has 1 aromatic carbocycles. The lowest BCUT2D eigenvalue weighted by Crippen LogP contribution is -2.29. The van der Waals surface area contributed by atoms with Crippen LogP contribution in [0.2, 0.25) is 0 Å². The number of nitrogens with zero attached hydrogens (tertiary/aromatic N) is 2. The molecule has 0 saturated carbocycles.